The highest BCUT2D eigenvalue weighted by molar-refractivity contribution is 7.99. The first-order valence-corrected chi connectivity index (χ1v) is 11.8. The van der Waals surface area contributed by atoms with E-state index in [-0.39, 0.29) is 18.3 Å². The van der Waals surface area contributed by atoms with Crippen LogP contribution >= 0.6 is 23.1 Å². The Morgan fingerprint density at radius 2 is 1.94 bits per heavy atom. The van der Waals surface area contributed by atoms with Crippen LogP contribution in [0.2, 0.25) is 0 Å². The SMILES string of the molecule is CCOC(=O)c1cc(C)sc1NC(=O)CSc1nnc(-c2ccc(C(C)C)cc2)n1C. The molecule has 1 N–H and O–H groups in total. The molecule has 1 aromatic carbocycles. The van der Waals surface area contributed by atoms with E-state index in [2.05, 4.69) is 41.5 Å². The summed E-state index contributed by atoms with van der Waals surface area (Å²) in [5.74, 6) is 0.711. The Bertz CT molecular complexity index is 1070. The Hall–Kier alpha value is -2.65. The molecule has 0 aliphatic heterocycles. The molecule has 0 saturated carbocycles. The van der Waals surface area contributed by atoms with Gasteiger partial charge in [0.25, 0.3) is 0 Å². The molecule has 0 fully saturated rings. The fourth-order valence-corrected chi connectivity index (χ4v) is 4.60. The number of hydrogen-bond acceptors (Lipinski definition) is 7. The van der Waals surface area contributed by atoms with Crippen LogP contribution < -0.4 is 5.32 Å². The van der Waals surface area contributed by atoms with Crippen LogP contribution in [0.25, 0.3) is 11.4 Å². The molecule has 2 heterocycles. The molecule has 0 radical (unpaired) electrons. The van der Waals surface area contributed by atoms with E-state index in [0.717, 1.165) is 16.3 Å². The molecule has 3 aromatic rings. The van der Waals surface area contributed by atoms with Crippen LogP contribution in [-0.2, 0) is 16.6 Å². The highest BCUT2D eigenvalue weighted by Gasteiger charge is 2.19. The van der Waals surface area contributed by atoms with Crippen molar-refractivity contribution in [3.05, 3.63) is 46.3 Å². The van der Waals surface area contributed by atoms with Gasteiger partial charge in [0, 0.05) is 17.5 Å². The van der Waals surface area contributed by atoms with Gasteiger partial charge in [0.15, 0.2) is 11.0 Å². The lowest BCUT2D eigenvalue weighted by atomic mass is 10.0. The number of thiophene rings is 1. The Morgan fingerprint density at radius 1 is 1.23 bits per heavy atom. The summed E-state index contributed by atoms with van der Waals surface area (Å²) >= 11 is 2.65. The minimum Gasteiger partial charge on any atom is -0.462 e. The van der Waals surface area contributed by atoms with Crippen LogP contribution in [0.1, 0.15) is 47.5 Å². The van der Waals surface area contributed by atoms with Crippen molar-refractivity contribution in [1.82, 2.24) is 14.8 Å². The molecular weight excluding hydrogens is 432 g/mol. The number of aromatic nitrogens is 3. The Labute approximate surface area is 190 Å². The molecule has 31 heavy (non-hydrogen) atoms. The molecule has 1 amide bonds. The second kappa shape index (κ2) is 10.1. The highest BCUT2D eigenvalue weighted by Crippen LogP contribution is 2.29. The number of thioether (sulfide) groups is 1. The number of carbonyl (C=O) groups excluding carboxylic acids is 2. The van der Waals surface area contributed by atoms with Crippen molar-refractivity contribution in [2.24, 2.45) is 7.05 Å². The van der Waals surface area contributed by atoms with E-state index in [0.29, 0.717) is 21.6 Å². The average Bonchev–Trinajstić information content (AvgIpc) is 3.28. The number of nitrogens with one attached hydrogen (secondary N) is 1. The van der Waals surface area contributed by atoms with Crippen LogP contribution in [0.4, 0.5) is 5.00 Å². The summed E-state index contributed by atoms with van der Waals surface area (Å²) in [5.41, 5.74) is 2.63. The number of amides is 1. The van der Waals surface area contributed by atoms with Crippen LogP contribution in [0.15, 0.2) is 35.5 Å². The molecule has 0 atom stereocenters. The first-order valence-electron chi connectivity index (χ1n) is 10.00. The number of anilines is 1. The lowest BCUT2D eigenvalue weighted by Gasteiger charge is -2.08. The minimum atomic E-state index is -0.434. The van der Waals surface area contributed by atoms with Gasteiger partial charge in [0.05, 0.1) is 17.9 Å². The van der Waals surface area contributed by atoms with Crippen LogP contribution in [0, 0.1) is 6.92 Å². The number of benzene rings is 1. The number of carbonyl (C=O) groups is 2. The van der Waals surface area contributed by atoms with Crippen molar-refractivity contribution >= 4 is 40.0 Å². The Kier molecular flexibility index (Phi) is 7.50. The third-order valence-corrected chi connectivity index (χ3v) is 6.59. The quantitative estimate of drug-likeness (QED) is 0.382. The summed E-state index contributed by atoms with van der Waals surface area (Å²) in [6.45, 7) is 8.23. The summed E-state index contributed by atoms with van der Waals surface area (Å²) in [4.78, 5) is 25.5. The van der Waals surface area contributed by atoms with Gasteiger partial charge in [-0.3, -0.25) is 4.79 Å². The van der Waals surface area contributed by atoms with E-state index in [1.807, 2.05) is 30.7 Å². The molecule has 3 rings (SSSR count). The lowest BCUT2D eigenvalue weighted by Crippen LogP contribution is -2.16. The van der Waals surface area contributed by atoms with Crippen LogP contribution in [0.5, 0.6) is 0 Å². The van der Waals surface area contributed by atoms with Gasteiger partial charge in [-0.1, -0.05) is 49.9 Å². The smallest absolute Gasteiger partial charge is 0.341 e. The summed E-state index contributed by atoms with van der Waals surface area (Å²) in [6, 6.07) is 10.00. The zero-order valence-corrected chi connectivity index (χ0v) is 19.9. The molecule has 9 heteroatoms. The number of hydrogen-bond donors (Lipinski definition) is 1. The predicted molar refractivity (Wildman–Crippen MR) is 125 cm³/mol. The molecule has 0 unspecified atom stereocenters. The second-order valence-corrected chi connectivity index (χ2v) is 9.50. The first kappa shape index (κ1) is 23.0. The van der Waals surface area contributed by atoms with E-state index in [4.69, 9.17) is 4.74 Å². The monoisotopic (exact) mass is 458 g/mol. The van der Waals surface area contributed by atoms with E-state index in [9.17, 15) is 9.59 Å². The van der Waals surface area contributed by atoms with Crippen molar-refractivity contribution in [3.8, 4) is 11.4 Å². The van der Waals surface area contributed by atoms with Crippen LogP contribution in [-0.4, -0.2) is 39.0 Å². The number of rotatable bonds is 8. The van der Waals surface area contributed by atoms with Gasteiger partial charge in [0.2, 0.25) is 5.91 Å². The third-order valence-electron chi connectivity index (χ3n) is 4.61. The Balaban J connectivity index is 1.65. The maximum atomic E-state index is 12.5. The standard InChI is InChI=1S/C22H26N4O3S2/c1-6-29-21(28)17-11-14(4)31-20(17)23-18(27)12-30-22-25-24-19(26(22)5)16-9-7-15(8-10-16)13(2)3/h7-11,13H,6,12H2,1-5H3,(H,23,27). The maximum absolute atomic E-state index is 12.5. The topological polar surface area (TPSA) is 86.1 Å². The second-order valence-electron chi connectivity index (χ2n) is 7.30. The number of esters is 1. The summed E-state index contributed by atoms with van der Waals surface area (Å²) in [6.07, 6.45) is 0. The third kappa shape index (κ3) is 5.54. The molecule has 7 nitrogen and oxygen atoms in total. The molecule has 164 valence electrons. The van der Waals surface area contributed by atoms with Gasteiger partial charge in [-0.15, -0.1) is 21.5 Å². The zero-order valence-electron chi connectivity index (χ0n) is 18.3. The molecule has 2 aromatic heterocycles. The van der Waals surface area contributed by atoms with Gasteiger partial charge in [-0.05, 0) is 31.4 Å². The van der Waals surface area contributed by atoms with Crippen molar-refractivity contribution in [2.75, 3.05) is 17.7 Å². The van der Waals surface area contributed by atoms with Gasteiger partial charge >= 0.3 is 5.97 Å². The van der Waals surface area contributed by atoms with Gasteiger partial charge < -0.3 is 14.6 Å². The van der Waals surface area contributed by atoms with Crippen LogP contribution in [0.3, 0.4) is 0 Å². The lowest BCUT2D eigenvalue weighted by molar-refractivity contribution is -0.113. The van der Waals surface area contributed by atoms with Crippen molar-refractivity contribution in [3.63, 3.8) is 0 Å². The number of nitrogens with zero attached hydrogens (tertiary/aromatic N) is 3. The molecule has 0 saturated heterocycles. The first-order chi connectivity index (χ1) is 14.8. The summed E-state index contributed by atoms with van der Waals surface area (Å²) in [5, 5.41) is 12.5. The molecule has 0 aliphatic carbocycles. The van der Waals surface area contributed by atoms with Gasteiger partial charge in [-0.2, -0.15) is 0 Å². The van der Waals surface area contributed by atoms with E-state index in [1.165, 1.54) is 28.7 Å². The highest BCUT2D eigenvalue weighted by atomic mass is 32.2. The largest absolute Gasteiger partial charge is 0.462 e. The fraction of sp³-hybridized carbons (Fsp3) is 0.364. The normalized spacial score (nSPS) is 11.0. The van der Waals surface area contributed by atoms with E-state index in [1.54, 1.807) is 13.0 Å². The number of ether oxygens (including phenoxy) is 1. The molecule has 0 bridgehead atoms. The summed E-state index contributed by atoms with van der Waals surface area (Å²) < 4.78 is 6.94. The van der Waals surface area contributed by atoms with E-state index < -0.39 is 5.97 Å². The fourth-order valence-electron chi connectivity index (χ4n) is 2.97. The predicted octanol–water partition coefficient (Wildman–Crippen LogP) is 4.88. The van der Waals surface area contributed by atoms with Crippen molar-refractivity contribution in [2.45, 2.75) is 38.8 Å². The van der Waals surface area contributed by atoms with Crippen molar-refractivity contribution in [1.29, 1.82) is 0 Å². The van der Waals surface area contributed by atoms with Gasteiger partial charge in [-0.25, -0.2) is 4.79 Å². The van der Waals surface area contributed by atoms with E-state index >= 15 is 0 Å². The molecular formula is C22H26N4O3S2. The van der Waals surface area contributed by atoms with Gasteiger partial charge in [0.1, 0.15) is 5.00 Å². The maximum Gasteiger partial charge on any atom is 0.341 e. The summed E-state index contributed by atoms with van der Waals surface area (Å²) in [7, 11) is 1.88. The van der Waals surface area contributed by atoms with Crippen molar-refractivity contribution < 1.29 is 14.3 Å². The minimum absolute atomic E-state index is 0.150. The zero-order chi connectivity index (χ0) is 22.5. The average molecular weight is 459 g/mol. The number of aryl methyl sites for hydroxylation is 1. The molecule has 0 aliphatic rings. The Morgan fingerprint density at radius 3 is 2.58 bits per heavy atom. The molecule has 0 spiro atoms.